The third-order valence-corrected chi connectivity index (χ3v) is 6.00. The molecule has 1 saturated heterocycles. The van der Waals surface area contributed by atoms with Gasteiger partial charge in [-0.25, -0.2) is 4.68 Å². The van der Waals surface area contributed by atoms with Crippen LogP contribution in [0.5, 0.6) is 5.75 Å². The van der Waals surface area contributed by atoms with Crippen molar-refractivity contribution in [3.8, 4) is 5.75 Å². The van der Waals surface area contributed by atoms with Crippen molar-refractivity contribution in [2.24, 2.45) is 0 Å². The van der Waals surface area contributed by atoms with Crippen molar-refractivity contribution >= 4 is 28.3 Å². The van der Waals surface area contributed by atoms with Crippen LogP contribution in [0.25, 0.3) is 11.0 Å². The molecule has 0 radical (unpaired) electrons. The molecule has 0 bridgehead atoms. The molecule has 8 nitrogen and oxygen atoms in total. The largest absolute Gasteiger partial charge is 0.497 e. The Bertz CT molecular complexity index is 1300. The lowest BCUT2D eigenvalue weighted by Crippen LogP contribution is -2.32. The molecule has 168 valence electrons. The Kier molecular flexibility index (Phi) is 5.64. The van der Waals surface area contributed by atoms with Gasteiger partial charge in [0, 0.05) is 47.8 Å². The third kappa shape index (κ3) is 4.50. The van der Waals surface area contributed by atoms with E-state index in [1.165, 1.54) is 0 Å². The minimum absolute atomic E-state index is 0.0514. The molecule has 3 heterocycles. The fraction of sp³-hybridized carbons (Fsp3) is 0.280. The average molecular weight is 443 g/mol. The predicted molar refractivity (Wildman–Crippen MR) is 127 cm³/mol. The van der Waals surface area contributed by atoms with Crippen molar-refractivity contribution in [1.82, 2.24) is 24.9 Å². The molecule has 2 aromatic heterocycles. The summed E-state index contributed by atoms with van der Waals surface area (Å²) in [5, 5.41) is 11.7. The van der Waals surface area contributed by atoms with Crippen molar-refractivity contribution in [2.45, 2.75) is 25.8 Å². The van der Waals surface area contributed by atoms with Crippen LogP contribution in [0.3, 0.4) is 0 Å². The number of fused-ring (bicyclic) bond motifs is 1. The van der Waals surface area contributed by atoms with Crippen molar-refractivity contribution in [2.75, 3.05) is 25.5 Å². The number of benzene rings is 2. The fourth-order valence-electron chi connectivity index (χ4n) is 4.33. The van der Waals surface area contributed by atoms with Gasteiger partial charge < -0.3 is 15.0 Å². The second-order valence-corrected chi connectivity index (χ2v) is 8.34. The Morgan fingerprint density at radius 2 is 2.00 bits per heavy atom. The van der Waals surface area contributed by atoms with Gasteiger partial charge in [0.1, 0.15) is 17.8 Å². The SMILES string of the molecule is COc1cccc(Nc2cc(C)nc([C@H]3CCN(C(=O)Cn4nnc5ccccc54)C3)c2)c1. The van der Waals surface area contributed by atoms with E-state index in [9.17, 15) is 4.79 Å². The van der Waals surface area contributed by atoms with Gasteiger partial charge >= 0.3 is 0 Å². The number of methoxy groups -OCH3 is 1. The molecule has 1 fully saturated rings. The van der Waals surface area contributed by atoms with E-state index in [4.69, 9.17) is 9.72 Å². The van der Waals surface area contributed by atoms with E-state index >= 15 is 0 Å². The van der Waals surface area contributed by atoms with Gasteiger partial charge in [0.25, 0.3) is 0 Å². The highest BCUT2D eigenvalue weighted by atomic mass is 16.5. The summed E-state index contributed by atoms with van der Waals surface area (Å²) in [6, 6.07) is 19.6. The summed E-state index contributed by atoms with van der Waals surface area (Å²) in [6.07, 6.45) is 0.888. The standard InChI is InChI=1S/C25H26N6O2/c1-17-12-20(27-19-6-5-7-21(13-19)33-2)14-23(26-17)18-10-11-30(15-18)25(32)16-31-24-9-4-3-8-22(24)28-29-31/h3-9,12-14,18H,10-11,15-16H2,1-2H3,(H,26,27)/t18-/m0/s1. The number of ether oxygens (including phenoxy) is 1. The van der Waals surface area contributed by atoms with Gasteiger partial charge in [0.2, 0.25) is 5.91 Å². The molecule has 1 atom stereocenters. The molecule has 0 spiro atoms. The first-order chi connectivity index (χ1) is 16.1. The monoisotopic (exact) mass is 442 g/mol. The van der Waals surface area contributed by atoms with Gasteiger partial charge in [-0.1, -0.05) is 23.4 Å². The molecule has 0 saturated carbocycles. The summed E-state index contributed by atoms with van der Waals surface area (Å²) in [4.78, 5) is 19.6. The molecular formula is C25H26N6O2. The van der Waals surface area contributed by atoms with Gasteiger partial charge in [0.05, 0.1) is 12.6 Å². The van der Waals surface area contributed by atoms with Crippen molar-refractivity contribution in [3.05, 3.63) is 72.1 Å². The van der Waals surface area contributed by atoms with E-state index in [0.29, 0.717) is 13.1 Å². The zero-order valence-corrected chi connectivity index (χ0v) is 18.7. The van der Waals surface area contributed by atoms with Crippen LogP contribution in [-0.2, 0) is 11.3 Å². The molecule has 1 amide bonds. The summed E-state index contributed by atoms with van der Waals surface area (Å²) in [5.74, 6) is 1.05. The zero-order chi connectivity index (χ0) is 22.8. The number of rotatable bonds is 6. The Morgan fingerprint density at radius 1 is 1.12 bits per heavy atom. The Hall–Kier alpha value is -3.94. The van der Waals surface area contributed by atoms with E-state index in [0.717, 1.165) is 46.0 Å². The number of pyridine rings is 1. The predicted octanol–water partition coefficient (Wildman–Crippen LogP) is 3.90. The Labute approximate surface area is 192 Å². The van der Waals surface area contributed by atoms with Crippen molar-refractivity contribution in [1.29, 1.82) is 0 Å². The number of nitrogens with zero attached hydrogens (tertiary/aromatic N) is 5. The van der Waals surface area contributed by atoms with E-state index < -0.39 is 0 Å². The van der Waals surface area contributed by atoms with Crippen LogP contribution in [0.4, 0.5) is 11.4 Å². The number of hydrogen-bond acceptors (Lipinski definition) is 6. The molecule has 0 aliphatic carbocycles. The first-order valence-electron chi connectivity index (χ1n) is 11.0. The third-order valence-electron chi connectivity index (χ3n) is 6.00. The number of likely N-dealkylation sites (tertiary alicyclic amines) is 1. The Morgan fingerprint density at radius 3 is 2.88 bits per heavy atom. The molecule has 0 unspecified atom stereocenters. The van der Waals surface area contributed by atoms with Crippen LogP contribution in [0.1, 0.15) is 23.7 Å². The van der Waals surface area contributed by atoms with Crippen LogP contribution >= 0.6 is 0 Å². The van der Waals surface area contributed by atoms with E-state index in [1.54, 1.807) is 11.8 Å². The first-order valence-corrected chi connectivity index (χ1v) is 11.0. The van der Waals surface area contributed by atoms with E-state index in [-0.39, 0.29) is 18.4 Å². The number of aromatic nitrogens is 4. The van der Waals surface area contributed by atoms with Gasteiger partial charge in [-0.2, -0.15) is 0 Å². The fourth-order valence-corrected chi connectivity index (χ4v) is 4.33. The second-order valence-electron chi connectivity index (χ2n) is 8.34. The van der Waals surface area contributed by atoms with Crippen molar-refractivity contribution in [3.63, 3.8) is 0 Å². The maximum absolute atomic E-state index is 13.0. The first kappa shape index (κ1) is 20.9. The number of para-hydroxylation sites is 1. The molecule has 5 rings (SSSR count). The number of anilines is 2. The number of hydrogen-bond donors (Lipinski definition) is 1. The zero-order valence-electron chi connectivity index (χ0n) is 18.7. The van der Waals surface area contributed by atoms with Gasteiger partial charge in [-0.15, -0.1) is 5.10 Å². The molecule has 1 aliphatic heterocycles. The average Bonchev–Trinajstić information content (AvgIpc) is 3.47. The van der Waals surface area contributed by atoms with Gasteiger partial charge in [-0.05, 0) is 49.7 Å². The summed E-state index contributed by atoms with van der Waals surface area (Å²) >= 11 is 0. The van der Waals surface area contributed by atoms with Crippen LogP contribution in [0, 0.1) is 6.92 Å². The quantitative estimate of drug-likeness (QED) is 0.487. The topological polar surface area (TPSA) is 85.2 Å². The highest BCUT2D eigenvalue weighted by molar-refractivity contribution is 5.80. The Balaban J connectivity index is 1.28. The lowest BCUT2D eigenvalue weighted by molar-refractivity contribution is -0.130. The lowest BCUT2D eigenvalue weighted by Gasteiger charge is -2.17. The minimum atomic E-state index is 0.0514. The lowest BCUT2D eigenvalue weighted by atomic mass is 10.0. The molecule has 4 aromatic rings. The summed E-state index contributed by atoms with van der Waals surface area (Å²) in [6.45, 7) is 3.55. The number of aryl methyl sites for hydroxylation is 1. The van der Waals surface area contributed by atoms with Crippen LogP contribution < -0.4 is 10.1 Å². The van der Waals surface area contributed by atoms with E-state index in [2.05, 4.69) is 21.7 Å². The summed E-state index contributed by atoms with van der Waals surface area (Å²) < 4.78 is 6.99. The van der Waals surface area contributed by atoms with Gasteiger partial charge in [0.15, 0.2) is 0 Å². The van der Waals surface area contributed by atoms with E-state index in [1.807, 2.05) is 66.4 Å². The van der Waals surface area contributed by atoms with Crippen LogP contribution in [0.15, 0.2) is 60.7 Å². The van der Waals surface area contributed by atoms with Crippen LogP contribution in [-0.4, -0.2) is 51.0 Å². The molecule has 1 aliphatic rings. The minimum Gasteiger partial charge on any atom is -0.497 e. The molecule has 1 N–H and O–H groups in total. The molecule has 2 aromatic carbocycles. The number of carbonyl (C=O) groups excluding carboxylic acids is 1. The van der Waals surface area contributed by atoms with Crippen molar-refractivity contribution < 1.29 is 9.53 Å². The highest BCUT2D eigenvalue weighted by Gasteiger charge is 2.29. The van der Waals surface area contributed by atoms with Crippen LogP contribution in [0.2, 0.25) is 0 Å². The molecular weight excluding hydrogens is 416 g/mol. The second kappa shape index (κ2) is 8.90. The number of nitrogens with one attached hydrogen (secondary N) is 1. The molecule has 8 heteroatoms. The summed E-state index contributed by atoms with van der Waals surface area (Å²) in [5.41, 5.74) is 5.54. The number of amides is 1. The maximum Gasteiger partial charge on any atom is 0.244 e. The highest BCUT2D eigenvalue weighted by Crippen LogP contribution is 2.30. The molecule has 33 heavy (non-hydrogen) atoms. The normalized spacial score (nSPS) is 15.7. The smallest absolute Gasteiger partial charge is 0.244 e. The number of carbonyl (C=O) groups is 1. The van der Waals surface area contributed by atoms with Gasteiger partial charge in [-0.3, -0.25) is 9.78 Å². The maximum atomic E-state index is 13.0. The summed E-state index contributed by atoms with van der Waals surface area (Å²) in [7, 11) is 1.66.